The van der Waals surface area contributed by atoms with Crippen LogP contribution in [0.15, 0.2) is 29.4 Å². The molecule has 2 heterocycles. The SMILES string of the molecule is CC1=NOC(C)(C(=O)NC2CCN(C(=O)c3ccc(C)cc3)CC2)C1. The van der Waals surface area contributed by atoms with Gasteiger partial charge in [0, 0.05) is 31.1 Å². The maximum Gasteiger partial charge on any atom is 0.267 e. The Morgan fingerprint density at radius 3 is 2.40 bits per heavy atom. The number of rotatable bonds is 3. The molecule has 1 saturated heterocycles. The molecule has 0 radical (unpaired) electrons. The van der Waals surface area contributed by atoms with Crippen LogP contribution in [-0.2, 0) is 9.63 Å². The van der Waals surface area contributed by atoms with Gasteiger partial charge in [-0.2, -0.15) is 0 Å². The van der Waals surface area contributed by atoms with Crippen LogP contribution < -0.4 is 5.32 Å². The minimum absolute atomic E-state index is 0.0555. The van der Waals surface area contributed by atoms with E-state index >= 15 is 0 Å². The van der Waals surface area contributed by atoms with E-state index < -0.39 is 5.60 Å². The van der Waals surface area contributed by atoms with Gasteiger partial charge in [-0.15, -0.1) is 0 Å². The van der Waals surface area contributed by atoms with E-state index in [1.165, 1.54) is 0 Å². The van der Waals surface area contributed by atoms with Gasteiger partial charge in [0.25, 0.3) is 11.8 Å². The average molecular weight is 343 g/mol. The van der Waals surface area contributed by atoms with Crippen molar-refractivity contribution in [3.63, 3.8) is 0 Å². The Morgan fingerprint density at radius 2 is 1.84 bits per heavy atom. The molecule has 2 aliphatic heterocycles. The van der Waals surface area contributed by atoms with E-state index in [4.69, 9.17) is 4.84 Å². The van der Waals surface area contributed by atoms with Gasteiger partial charge in [0.05, 0.1) is 5.71 Å². The summed E-state index contributed by atoms with van der Waals surface area (Å²) in [5.41, 5.74) is 1.78. The highest BCUT2D eigenvalue weighted by molar-refractivity contribution is 5.95. The van der Waals surface area contributed by atoms with Gasteiger partial charge in [-0.05, 0) is 45.7 Å². The fourth-order valence-corrected chi connectivity index (χ4v) is 3.30. The van der Waals surface area contributed by atoms with Crippen molar-refractivity contribution in [3.8, 4) is 0 Å². The maximum atomic E-state index is 12.5. The first-order valence-electron chi connectivity index (χ1n) is 8.76. The summed E-state index contributed by atoms with van der Waals surface area (Å²) >= 11 is 0. The first kappa shape index (κ1) is 17.5. The first-order chi connectivity index (χ1) is 11.9. The highest BCUT2D eigenvalue weighted by Gasteiger charge is 2.41. The number of carbonyl (C=O) groups is 2. The molecular formula is C19H25N3O3. The van der Waals surface area contributed by atoms with E-state index in [1.807, 2.05) is 43.0 Å². The number of aryl methyl sites for hydroxylation is 1. The first-order valence-corrected chi connectivity index (χ1v) is 8.76. The molecule has 0 aliphatic carbocycles. The van der Waals surface area contributed by atoms with Gasteiger partial charge >= 0.3 is 0 Å². The lowest BCUT2D eigenvalue weighted by Crippen LogP contribution is -2.52. The third-order valence-electron chi connectivity index (χ3n) is 4.89. The molecule has 25 heavy (non-hydrogen) atoms. The normalized spacial score (nSPS) is 23.8. The number of likely N-dealkylation sites (tertiary alicyclic amines) is 1. The van der Waals surface area contributed by atoms with E-state index in [9.17, 15) is 9.59 Å². The molecule has 0 bridgehead atoms. The van der Waals surface area contributed by atoms with Gasteiger partial charge in [0.1, 0.15) is 0 Å². The summed E-state index contributed by atoms with van der Waals surface area (Å²) in [5.74, 6) is -0.0729. The standard InChI is InChI=1S/C19H25N3O3/c1-13-4-6-15(7-5-13)17(23)22-10-8-16(9-11-22)20-18(24)19(3)12-14(2)21-25-19/h4-7,16H,8-12H2,1-3H3,(H,20,24). The van der Waals surface area contributed by atoms with Crippen LogP contribution in [0, 0.1) is 6.92 Å². The summed E-state index contributed by atoms with van der Waals surface area (Å²) in [7, 11) is 0. The van der Waals surface area contributed by atoms with Crippen LogP contribution in [0.25, 0.3) is 0 Å². The molecule has 0 aromatic heterocycles. The number of hydrogen-bond acceptors (Lipinski definition) is 4. The van der Waals surface area contributed by atoms with Crippen LogP contribution in [0.3, 0.4) is 0 Å². The van der Waals surface area contributed by atoms with Crippen LogP contribution in [0.2, 0.25) is 0 Å². The van der Waals surface area contributed by atoms with Crippen molar-refractivity contribution in [2.45, 2.75) is 51.7 Å². The number of piperidine rings is 1. The molecule has 1 aromatic rings. The number of hydrogen-bond donors (Lipinski definition) is 1. The molecule has 2 aliphatic rings. The summed E-state index contributed by atoms with van der Waals surface area (Å²) in [5, 5.41) is 6.93. The van der Waals surface area contributed by atoms with Gasteiger partial charge in [0.15, 0.2) is 0 Å². The summed E-state index contributed by atoms with van der Waals surface area (Å²) < 4.78 is 0. The molecule has 2 amide bonds. The molecule has 0 spiro atoms. The molecule has 3 rings (SSSR count). The van der Waals surface area contributed by atoms with Gasteiger partial charge < -0.3 is 15.1 Å². The molecule has 0 saturated carbocycles. The van der Waals surface area contributed by atoms with Crippen LogP contribution >= 0.6 is 0 Å². The average Bonchev–Trinajstić information content (AvgIpc) is 2.96. The monoisotopic (exact) mass is 343 g/mol. The Kier molecular flexibility index (Phi) is 4.79. The number of nitrogens with zero attached hydrogens (tertiary/aromatic N) is 2. The quantitative estimate of drug-likeness (QED) is 0.915. The van der Waals surface area contributed by atoms with E-state index in [-0.39, 0.29) is 17.9 Å². The van der Waals surface area contributed by atoms with Crippen molar-refractivity contribution in [1.82, 2.24) is 10.2 Å². The minimum atomic E-state index is -0.904. The van der Waals surface area contributed by atoms with E-state index in [0.29, 0.717) is 25.1 Å². The smallest absolute Gasteiger partial charge is 0.267 e. The van der Waals surface area contributed by atoms with Crippen molar-refractivity contribution < 1.29 is 14.4 Å². The number of nitrogens with one attached hydrogen (secondary N) is 1. The molecule has 1 atom stereocenters. The van der Waals surface area contributed by atoms with Gasteiger partial charge in [0.2, 0.25) is 5.60 Å². The second-order valence-corrected chi connectivity index (χ2v) is 7.23. The molecule has 1 fully saturated rings. The summed E-state index contributed by atoms with van der Waals surface area (Å²) in [6, 6.07) is 7.70. The third-order valence-corrected chi connectivity index (χ3v) is 4.89. The maximum absolute atomic E-state index is 12.5. The highest BCUT2D eigenvalue weighted by Crippen LogP contribution is 2.24. The lowest BCUT2D eigenvalue weighted by atomic mass is 9.97. The molecule has 6 heteroatoms. The molecule has 6 nitrogen and oxygen atoms in total. The van der Waals surface area contributed by atoms with E-state index in [2.05, 4.69) is 10.5 Å². The zero-order valence-electron chi connectivity index (χ0n) is 15.0. The van der Waals surface area contributed by atoms with Crippen molar-refractivity contribution >= 4 is 17.5 Å². The second-order valence-electron chi connectivity index (χ2n) is 7.23. The molecule has 134 valence electrons. The number of amides is 2. The predicted octanol–water partition coefficient (Wildman–Crippen LogP) is 2.27. The lowest BCUT2D eigenvalue weighted by molar-refractivity contribution is -0.142. The largest absolute Gasteiger partial charge is 0.379 e. The summed E-state index contributed by atoms with van der Waals surface area (Å²) in [6.45, 7) is 6.91. The lowest BCUT2D eigenvalue weighted by Gasteiger charge is -2.33. The van der Waals surface area contributed by atoms with Crippen LogP contribution in [-0.4, -0.2) is 47.2 Å². The Labute approximate surface area is 148 Å². The highest BCUT2D eigenvalue weighted by atomic mass is 16.7. The van der Waals surface area contributed by atoms with Crippen molar-refractivity contribution in [2.75, 3.05) is 13.1 Å². The fourth-order valence-electron chi connectivity index (χ4n) is 3.30. The number of carbonyl (C=O) groups excluding carboxylic acids is 2. The van der Waals surface area contributed by atoms with Crippen molar-refractivity contribution in [1.29, 1.82) is 0 Å². The van der Waals surface area contributed by atoms with Crippen molar-refractivity contribution in [2.24, 2.45) is 5.16 Å². The van der Waals surface area contributed by atoms with Gasteiger partial charge in [-0.1, -0.05) is 22.9 Å². The molecule has 1 aromatic carbocycles. The Bertz CT molecular complexity index is 690. The predicted molar refractivity (Wildman–Crippen MR) is 95.5 cm³/mol. The second kappa shape index (κ2) is 6.86. The molecule has 1 N–H and O–H groups in total. The Morgan fingerprint density at radius 1 is 1.20 bits per heavy atom. The fraction of sp³-hybridized carbons (Fsp3) is 0.526. The van der Waals surface area contributed by atoms with Crippen LogP contribution in [0.4, 0.5) is 0 Å². The van der Waals surface area contributed by atoms with E-state index in [0.717, 1.165) is 24.1 Å². The number of oxime groups is 1. The third kappa shape index (κ3) is 3.83. The Hall–Kier alpha value is -2.37. The molecular weight excluding hydrogens is 318 g/mol. The van der Waals surface area contributed by atoms with E-state index in [1.54, 1.807) is 6.92 Å². The van der Waals surface area contributed by atoms with Gasteiger partial charge in [-0.25, -0.2) is 0 Å². The zero-order chi connectivity index (χ0) is 18.0. The van der Waals surface area contributed by atoms with Crippen LogP contribution in [0.5, 0.6) is 0 Å². The summed E-state index contributed by atoms with van der Waals surface area (Å²) in [4.78, 5) is 32.1. The minimum Gasteiger partial charge on any atom is -0.379 e. The van der Waals surface area contributed by atoms with Gasteiger partial charge in [-0.3, -0.25) is 9.59 Å². The van der Waals surface area contributed by atoms with Crippen LogP contribution in [0.1, 0.15) is 49.0 Å². The number of benzene rings is 1. The Balaban J connectivity index is 1.51. The molecule has 1 unspecified atom stereocenters. The topological polar surface area (TPSA) is 71.0 Å². The summed E-state index contributed by atoms with van der Waals surface area (Å²) in [6.07, 6.45) is 2.02. The van der Waals surface area contributed by atoms with Crippen molar-refractivity contribution in [3.05, 3.63) is 35.4 Å². The zero-order valence-corrected chi connectivity index (χ0v) is 15.0.